The Kier molecular flexibility index (Phi) is 7.73. The Morgan fingerprint density at radius 3 is 2.38 bits per heavy atom. The van der Waals surface area contributed by atoms with E-state index in [1.54, 1.807) is 0 Å². The van der Waals surface area contributed by atoms with E-state index in [9.17, 15) is 9.59 Å². The van der Waals surface area contributed by atoms with Crippen LogP contribution in [0, 0.1) is 13.8 Å². The van der Waals surface area contributed by atoms with Gasteiger partial charge < -0.3 is 10.6 Å². The summed E-state index contributed by atoms with van der Waals surface area (Å²) >= 11 is 1.47. The number of unbranched alkanes of at least 4 members (excludes halogenated alkanes) is 1. The molecule has 2 aromatic carbocycles. The van der Waals surface area contributed by atoms with Gasteiger partial charge in [-0.05, 0) is 61.7 Å². The number of rotatable bonds is 8. The van der Waals surface area contributed by atoms with E-state index in [4.69, 9.17) is 0 Å². The maximum absolute atomic E-state index is 12.2. The lowest BCUT2D eigenvalue weighted by molar-refractivity contribution is -0.116. The Morgan fingerprint density at radius 2 is 1.69 bits per heavy atom. The molecule has 0 aliphatic rings. The summed E-state index contributed by atoms with van der Waals surface area (Å²) in [7, 11) is 0. The molecule has 0 unspecified atom stereocenters. The number of hydrogen-bond donors (Lipinski definition) is 2. The Hall–Kier alpha value is -2.27. The van der Waals surface area contributed by atoms with Gasteiger partial charge in [0.2, 0.25) is 11.8 Å². The van der Waals surface area contributed by atoms with Crippen LogP contribution in [-0.2, 0) is 9.59 Å². The molecule has 4 nitrogen and oxygen atoms in total. The first-order chi connectivity index (χ1) is 12.5. The van der Waals surface area contributed by atoms with Crippen molar-refractivity contribution in [2.24, 2.45) is 0 Å². The Morgan fingerprint density at radius 1 is 0.962 bits per heavy atom. The van der Waals surface area contributed by atoms with Gasteiger partial charge >= 0.3 is 0 Å². The maximum Gasteiger partial charge on any atom is 0.234 e. The van der Waals surface area contributed by atoms with Crippen molar-refractivity contribution < 1.29 is 9.59 Å². The number of anilines is 2. The number of carbonyl (C=O) groups excluding carboxylic acids is 2. The first kappa shape index (κ1) is 20.0. The molecule has 5 heteroatoms. The van der Waals surface area contributed by atoms with E-state index in [0.29, 0.717) is 12.2 Å². The number of amides is 2. The molecule has 2 amide bonds. The molecule has 0 fully saturated rings. The van der Waals surface area contributed by atoms with Crippen molar-refractivity contribution in [3.63, 3.8) is 0 Å². The topological polar surface area (TPSA) is 58.2 Å². The highest BCUT2D eigenvalue weighted by molar-refractivity contribution is 8.00. The predicted octanol–water partition coefficient (Wildman–Crippen LogP) is 5.16. The minimum Gasteiger partial charge on any atom is -0.326 e. The molecule has 0 aliphatic heterocycles. The summed E-state index contributed by atoms with van der Waals surface area (Å²) in [6.45, 7) is 6.05. The zero-order valence-corrected chi connectivity index (χ0v) is 16.4. The van der Waals surface area contributed by atoms with Crippen molar-refractivity contribution in [1.29, 1.82) is 0 Å². The maximum atomic E-state index is 12.2. The molecular weight excluding hydrogens is 344 g/mol. The zero-order chi connectivity index (χ0) is 18.9. The number of carbonyl (C=O) groups is 2. The second kappa shape index (κ2) is 10.0. The van der Waals surface area contributed by atoms with Crippen molar-refractivity contribution in [3.05, 3.63) is 53.6 Å². The van der Waals surface area contributed by atoms with E-state index >= 15 is 0 Å². The van der Waals surface area contributed by atoms with Crippen LogP contribution in [0.5, 0.6) is 0 Å². The van der Waals surface area contributed by atoms with E-state index in [1.807, 2.05) is 56.3 Å². The van der Waals surface area contributed by atoms with Crippen LogP contribution in [0.15, 0.2) is 47.4 Å². The third-order valence-corrected chi connectivity index (χ3v) is 4.94. The van der Waals surface area contributed by atoms with Gasteiger partial charge in [0.25, 0.3) is 0 Å². The van der Waals surface area contributed by atoms with Gasteiger partial charge in [0, 0.05) is 22.7 Å². The Labute approximate surface area is 159 Å². The van der Waals surface area contributed by atoms with Crippen molar-refractivity contribution in [1.82, 2.24) is 0 Å². The molecule has 0 atom stereocenters. The zero-order valence-electron chi connectivity index (χ0n) is 15.6. The van der Waals surface area contributed by atoms with Crippen molar-refractivity contribution in [2.75, 3.05) is 16.4 Å². The summed E-state index contributed by atoms with van der Waals surface area (Å²) in [6.07, 6.45) is 2.45. The van der Waals surface area contributed by atoms with Crippen LogP contribution in [-0.4, -0.2) is 17.6 Å². The fraction of sp³-hybridized carbons (Fsp3) is 0.333. The van der Waals surface area contributed by atoms with Crippen LogP contribution in [0.3, 0.4) is 0 Å². The van der Waals surface area contributed by atoms with E-state index < -0.39 is 0 Å². The van der Waals surface area contributed by atoms with Gasteiger partial charge in [0.15, 0.2) is 0 Å². The average molecular weight is 371 g/mol. The predicted molar refractivity (Wildman–Crippen MR) is 110 cm³/mol. The van der Waals surface area contributed by atoms with Crippen molar-refractivity contribution in [3.8, 4) is 0 Å². The molecule has 0 radical (unpaired) electrons. The lowest BCUT2D eigenvalue weighted by Gasteiger charge is -2.09. The van der Waals surface area contributed by atoms with Gasteiger partial charge in [-0.1, -0.05) is 25.5 Å². The number of thioether (sulfide) groups is 1. The van der Waals surface area contributed by atoms with Crippen molar-refractivity contribution in [2.45, 2.75) is 44.9 Å². The molecule has 0 saturated carbocycles. The molecule has 2 N–H and O–H groups in total. The number of benzene rings is 2. The smallest absolute Gasteiger partial charge is 0.234 e. The minimum absolute atomic E-state index is 0.0272. The van der Waals surface area contributed by atoms with E-state index in [1.165, 1.54) is 11.8 Å². The minimum atomic E-state index is -0.0272. The fourth-order valence-corrected chi connectivity index (χ4v) is 3.10. The van der Waals surface area contributed by atoms with Crippen LogP contribution >= 0.6 is 11.8 Å². The Balaban J connectivity index is 1.82. The molecule has 0 aromatic heterocycles. The summed E-state index contributed by atoms with van der Waals surface area (Å²) in [5.74, 6) is 0.357. The number of aryl methyl sites for hydroxylation is 2. The molecule has 2 rings (SSSR count). The lowest BCUT2D eigenvalue weighted by Crippen LogP contribution is -2.15. The average Bonchev–Trinajstić information content (AvgIpc) is 2.62. The fourth-order valence-electron chi connectivity index (χ4n) is 2.40. The summed E-state index contributed by atoms with van der Waals surface area (Å²) in [6, 6.07) is 13.6. The third-order valence-electron chi connectivity index (χ3n) is 3.93. The second-order valence-corrected chi connectivity index (χ2v) is 7.38. The molecule has 0 bridgehead atoms. The van der Waals surface area contributed by atoms with Crippen LogP contribution in [0.2, 0.25) is 0 Å². The molecule has 0 saturated heterocycles. The monoisotopic (exact) mass is 370 g/mol. The van der Waals surface area contributed by atoms with Gasteiger partial charge in [-0.25, -0.2) is 0 Å². The SMILES string of the molecule is CCCCC(=O)Nc1ccc(SCC(=O)Nc2cc(C)ccc2C)cc1. The van der Waals surface area contributed by atoms with Crippen LogP contribution in [0.1, 0.15) is 37.3 Å². The lowest BCUT2D eigenvalue weighted by atomic mass is 10.1. The van der Waals surface area contributed by atoms with E-state index in [0.717, 1.165) is 40.2 Å². The summed E-state index contributed by atoms with van der Waals surface area (Å²) < 4.78 is 0. The first-order valence-electron chi connectivity index (χ1n) is 8.87. The molecular formula is C21H26N2O2S. The third kappa shape index (κ3) is 6.56. The van der Waals surface area contributed by atoms with Crippen LogP contribution in [0.25, 0.3) is 0 Å². The van der Waals surface area contributed by atoms with Crippen LogP contribution < -0.4 is 10.6 Å². The molecule has 26 heavy (non-hydrogen) atoms. The number of hydrogen-bond acceptors (Lipinski definition) is 3. The molecule has 0 spiro atoms. The molecule has 2 aromatic rings. The van der Waals surface area contributed by atoms with Crippen LogP contribution in [0.4, 0.5) is 11.4 Å². The van der Waals surface area contributed by atoms with Crippen molar-refractivity contribution >= 4 is 35.0 Å². The Bertz CT molecular complexity index is 757. The highest BCUT2D eigenvalue weighted by Crippen LogP contribution is 2.22. The first-order valence-corrected chi connectivity index (χ1v) is 9.86. The highest BCUT2D eigenvalue weighted by Gasteiger charge is 2.07. The van der Waals surface area contributed by atoms with Gasteiger partial charge in [-0.15, -0.1) is 11.8 Å². The van der Waals surface area contributed by atoms with Gasteiger partial charge in [0.05, 0.1) is 5.75 Å². The van der Waals surface area contributed by atoms with E-state index in [-0.39, 0.29) is 11.8 Å². The van der Waals surface area contributed by atoms with Gasteiger partial charge in [-0.2, -0.15) is 0 Å². The normalized spacial score (nSPS) is 10.4. The van der Waals surface area contributed by atoms with Gasteiger partial charge in [-0.3, -0.25) is 9.59 Å². The second-order valence-electron chi connectivity index (χ2n) is 6.33. The standard InChI is InChI=1S/C21H26N2O2S/c1-4-5-6-20(24)22-17-9-11-18(12-10-17)26-14-21(25)23-19-13-15(2)7-8-16(19)3/h7-13H,4-6,14H2,1-3H3,(H,22,24)(H,23,25). The summed E-state index contributed by atoms with van der Waals surface area (Å²) in [5, 5.41) is 5.85. The molecule has 0 aliphatic carbocycles. The largest absolute Gasteiger partial charge is 0.326 e. The number of nitrogens with one attached hydrogen (secondary N) is 2. The van der Waals surface area contributed by atoms with E-state index in [2.05, 4.69) is 17.6 Å². The molecule has 138 valence electrons. The quantitative estimate of drug-likeness (QED) is 0.631. The summed E-state index contributed by atoms with van der Waals surface area (Å²) in [5.41, 5.74) is 3.82. The summed E-state index contributed by atoms with van der Waals surface area (Å²) in [4.78, 5) is 24.9. The van der Waals surface area contributed by atoms with Gasteiger partial charge in [0.1, 0.15) is 0 Å². The molecule has 0 heterocycles. The highest BCUT2D eigenvalue weighted by atomic mass is 32.2.